The van der Waals surface area contributed by atoms with E-state index in [1.54, 1.807) is 10.9 Å². The van der Waals surface area contributed by atoms with Gasteiger partial charge in [-0.25, -0.2) is 13.1 Å². The topological polar surface area (TPSA) is 74.1 Å². The molecule has 2 aromatic rings. The van der Waals surface area contributed by atoms with E-state index in [9.17, 15) is 8.42 Å². The second-order valence-corrected chi connectivity index (χ2v) is 8.56. The molecule has 0 radical (unpaired) electrons. The molecule has 0 unspecified atom stereocenters. The predicted molar refractivity (Wildman–Crippen MR) is 91.4 cm³/mol. The van der Waals surface area contributed by atoms with Crippen LogP contribution < -0.4 is 0 Å². The van der Waals surface area contributed by atoms with E-state index in [4.69, 9.17) is 4.74 Å². The van der Waals surface area contributed by atoms with Crippen molar-refractivity contribution >= 4 is 9.84 Å². The van der Waals surface area contributed by atoms with Crippen molar-refractivity contribution in [2.45, 2.75) is 44.2 Å². The van der Waals surface area contributed by atoms with Crippen molar-refractivity contribution in [3.8, 4) is 0 Å². The summed E-state index contributed by atoms with van der Waals surface area (Å²) >= 11 is 0. The van der Waals surface area contributed by atoms with E-state index in [2.05, 4.69) is 10.3 Å². The Morgan fingerprint density at radius 2 is 1.96 bits per heavy atom. The van der Waals surface area contributed by atoms with Gasteiger partial charge in [-0.15, -0.1) is 5.10 Å². The van der Waals surface area contributed by atoms with E-state index in [0.29, 0.717) is 18.9 Å². The fourth-order valence-corrected chi connectivity index (χ4v) is 4.45. The Hall–Kier alpha value is -1.73. The fraction of sp³-hybridized carbons (Fsp3) is 0.529. The summed E-state index contributed by atoms with van der Waals surface area (Å²) in [6, 6.07) is 6.14. The van der Waals surface area contributed by atoms with Gasteiger partial charge in [0.05, 0.1) is 23.2 Å². The minimum atomic E-state index is -3.28. The van der Waals surface area contributed by atoms with Crippen LogP contribution in [0.1, 0.15) is 41.3 Å². The zero-order chi connectivity index (χ0) is 17.2. The molecule has 7 heteroatoms. The molecule has 0 bridgehead atoms. The van der Waals surface area contributed by atoms with Crippen LogP contribution in [0.3, 0.4) is 0 Å². The van der Waals surface area contributed by atoms with Gasteiger partial charge in [-0.1, -0.05) is 29.0 Å². The van der Waals surface area contributed by atoms with E-state index in [1.807, 2.05) is 32.0 Å². The summed E-state index contributed by atoms with van der Waals surface area (Å²) < 4.78 is 32.2. The number of nitrogens with zero attached hydrogens (tertiary/aromatic N) is 3. The average molecular weight is 349 g/mol. The van der Waals surface area contributed by atoms with Gasteiger partial charge < -0.3 is 4.74 Å². The Labute approximate surface area is 142 Å². The Kier molecular flexibility index (Phi) is 5.01. The molecule has 0 amide bonds. The monoisotopic (exact) mass is 349 g/mol. The lowest BCUT2D eigenvalue weighted by Gasteiger charge is -2.21. The molecule has 130 valence electrons. The van der Waals surface area contributed by atoms with E-state index in [-0.39, 0.29) is 17.5 Å². The molecule has 1 fully saturated rings. The Morgan fingerprint density at radius 3 is 2.71 bits per heavy atom. The van der Waals surface area contributed by atoms with Crippen LogP contribution in [0, 0.1) is 13.8 Å². The van der Waals surface area contributed by atoms with Crippen LogP contribution >= 0.6 is 0 Å². The van der Waals surface area contributed by atoms with Crippen LogP contribution in [-0.2, 0) is 26.1 Å². The molecule has 0 spiro atoms. The Morgan fingerprint density at radius 1 is 1.21 bits per heavy atom. The minimum absolute atomic E-state index is 0.0324. The summed E-state index contributed by atoms with van der Waals surface area (Å²) in [7, 11) is -3.28. The average Bonchev–Trinajstić information content (AvgIpc) is 2.99. The third-order valence-electron chi connectivity index (χ3n) is 4.37. The third kappa shape index (κ3) is 4.21. The van der Waals surface area contributed by atoms with Crippen LogP contribution in [0.5, 0.6) is 0 Å². The number of rotatable bonds is 5. The maximum absolute atomic E-state index is 12.5. The van der Waals surface area contributed by atoms with Gasteiger partial charge in [-0.3, -0.25) is 0 Å². The largest absolute Gasteiger partial charge is 0.381 e. The Balaban J connectivity index is 1.70. The van der Waals surface area contributed by atoms with Crippen LogP contribution in [0.4, 0.5) is 0 Å². The molecule has 3 rings (SSSR count). The summed E-state index contributed by atoms with van der Waals surface area (Å²) in [5.74, 6) is -0.0474. The summed E-state index contributed by atoms with van der Waals surface area (Å²) in [4.78, 5) is 0. The summed E-state index contributed by atoms with van der Waals surface area (Å²) in [5, 5.41) is 8.16. The molecule has 0 N–H and O–H groups in total. The highest BCUT2D eigenvalue weighted by atomic mass is 32.2. The van der Waals surface area contributed by atoms with Crippen LogP contribution in [0.25, 0.3) is 0 Å². The number of hydrogen-bond donors (Lipinski definition) is 0. The molecule has 1 aromatic carbocycles. The highest BCUT2D eigenvalue weighted by molar-refractivity contribution is 7.89. The smallest absolute Gasteiger partial charge is 0.160 e. The summed E-state index contributed by atoms with van der Waals surface area (Å²) in [6.07, 6.45) is 3.53. The number of ether oxygens (including phenoxy) is 1. The van der Waals surface area contributed by atoms with Crippen molar-refractivity contribution in [1.29, 1.82) is 0 Å². The van der Waals surface area contributed by atoms with Crippen LogP contribution in [0.15, 0.2) is 24.4 Å². The van der Waals surface area contributed by atoms with Gasteiger partial charge >= 0.3 is 0 Å². The maximum atomic E-state index is 12.5. The third-order valence-corrected chi connectivity index (χ3v) is 5.86. The lowest BCUT2D eigenvalue weighted by molar-refractivity contribution is 0.0657. The number of sulfone groups is 1. The number of benzene rings is 1. The van der Waals surface area contributed by atoms with Gasteiger partial charge in [0.15, 0.2) is 9.84 Å². The Bertz CT molecular complexity index is 808. The van der Waals surface area contributed by atoms with Crippen molar-refractivity contribution in [3.05, 3.63) is 46.8 Å². The first kappa shape index (κ1) is 17.1. The molecule has 6 nitrogen and oxygen atoms in total. The zero-order valence-corrected chi connectivity index (χ0v) is 14.9. The van der Waals surface area contributed by atoms with Crippen LogP contribution in [0.2, 0.25) is 0 Å². The molecule has 1 aromatic heterocycles. The lowest BCUT2D eigenvalue weighted by atomic mass is 10.1. The number of aryl methyl sites for hydroxylation is 2. The second kappa shape index (κ2) is 7.03. The molecule has 1 saturated heterocycles. The molecule has 0 aliphatic carbocycles. The van der Waals surface area contributed by atoms with Gasteiger partial charge in [0.1, 0.15) is 0 Å². The molecular weight excluding hydrogens is 326 g/mol. The molecule has 1 aliphatic heterocycles. The molecule has 24 heavy (non-hydrogen) atoms. The molecule has 0 saturated carbocycles. The number of aromatic nitrogens is 3. The van der Waals surface area contributed by atoms with Gasteiger partial charge in [0.25, 0.3) is 0 Å². The van der Waals surface area contributed by atoms with Crippen LogP contribution in [-0.4, -0.2) is 36.6 Å². The maximum Gasteiger partial charge on any atom is 0.160 e. The second-order valence-electron chi connectivity index (χ2n) is 6.50. The van der Waals surface area contributed by atoms with Gasteiger partial charge in [0.2, 0.25) is 0 Å². The van der Waals surface area contributed by atoms with E-state index in [1.165, 1.54) is 0 Å². The number of hydrogen-bond acceptors (Lipinski definition) is 5. The summed E-state index contributed by atoms with van der Waals surface area (Å²) in [5.41, 5.74) is 3.42. The molecular formula is C17H23N3O3S. The van der Waals surface area contributed by atoms with Crippen molar-refractivity contribution in [1.82, 2.24) is 15.0 Å². The van der Waals surface area contributed by atoms with Gasteiger partial charge in [-0.2, -0.15) is 0 Å². The molecule has 1 aliphatic rings. The SMILES string of the molecule is Cc1ccc(C)c(CS(=O)(=O)Cc2cn(C3CCOCC3)nn2)c1. The van der Waals surface area contributed by atoms with Gasteiger partial charge in [-0.05, 0) is 37.8 Å². The zero-order valence-electron chi connectivity index (χ0n) is 14.1. The van der Waals surface area contributed by atoms with Crippen molar-refractivity contribution in [3.63, 3.8) is 0 Å². The van der Waals surface area contributed by atoms with Crippen molar-refractivity contribution in [2.75, 3.05) is 13.2 Å². The highest BCUT2D eigenvalue weighted by Crippen LogP contribution is 2.21. The predicted octanol–water partition coefficient (Wildman–Crippen LogP) is 2.36. The first-order valence-electron chi connectivity index (χ1n) is 8.18. The standard InChI is InChI=1S/C17H23N3O3S/c1-13-3-4-14(2)15(9-13)11-24(21,22)12-16-10-20(19-18-16)17-5-7-23-8-6-17/h3-4,9-10,17H,5-8,11-12H2,1-2H3. The van der Waals surface area contributed by atoms with Crippen molar-refractivity contribution in [2.24, 2.45) is 0 Å². The van der Waals surface area contributed by atoms with E-state index in [0.717, 1.165) is 29.5 Å². The molecule has 0 atom stereocenters. The lowest BCUT2D eigenvalue weighted by Crippen LogP contribution is -2.20. The van der Waals surface area contributed by atoms with E-state index >= 15 is 0 Å². The van der Waals surface area contributed by atoms with Crippen molar-refractivity contribution < 1.29 is 13.2 Å². The highest BCUT2D eigenvalue weighted by Gasteiger charge is 2.20. The van der Waals surface area contributed by atoms with Gasteiger partial charge in [0, 0.05) is 19.4 Å². The fourth-order valence-electron chi connectivity index (χ4n) is 2.98. The van der Waals surface area contributed by atoms with E-state index < -0.39 is 9.84 Å². The first-order valence-corrected chi connectivity index (χ1v) is 10.00. The molecule has 2 heterocycles. The normalized spacial score (nSPS) is 16.4. The summed E-state index contributed by atoms with van der Waals surface area (Å²) in [6.45, 7) is 5.33. The first-order chi connectivity index (χ1) is 11.4. The minimum Gasteiger partial charge on any atom is -0.381 e. The quantitative estimate of drug-likeness (QED) is 0.828.